The van der Waals surface area contributed by atoms with Crippen LogP contribution in [0.1, 0.15) is 24.5 Å². The van der Waals surface area contributed by atoms with E-state index in [2.05, 4.69) is 12.2 Å². The molecule has 0 spiro atoms. The van der Waals surface area contributed by atoms with Crippen LogP contribution < -0.4 is 5.32 Å². The summed E-state index contributed by atoms with van der Waals surface area (Å²) in [6, 6.07) is 6.73. The summed E-state index contributed by atoms with van der Waals surface area (Å²) < 4.78 is 0. The molecule has 1 rings (SSSR count). The molecule has 1 atom stereocenters. The van der Waals surface area contributed by atoms with Crippen LogP contribution in [-0.2, 0) is 22.4 Å². The number of hydrogen-bond donors (Lipinski definition) is 3. The number of aliphatic hydroxyl groups excluding tert-OH is 1. The Hall–Kier alpha value is -1.88. The minimum atomic E-state index is -1.23. The molecule has 0 heterocycles. The van der Waals surface area contributed by atoms with Gasteiger partial charge in [0.15, 0.2) is 0 Å². The Morgan fingerprint density at radius 2 is 1.79 bits per heavy atom. The lowest BCUT2D eigenvalue weighted by Gasteiger charge is -2.11. The van der Waals surface area contributed by atoms with Crippen LogP contribution in [0.3, 0.4) is 0 Å². The van der Waals surface area contributed by atoms with E-state index in [1.165, 1.54) is 5.56 Å². The van der Waals surface area contributed by atoms with Gasteiger partial charge in [-0.3, -0.25) is 4.79 Å². The number of aryl methyl sites for hydroxylation is 2. The summed E-state index contributed by atoms with van der Waals surface area (Å²) in [5.74, 6) is -1.61. The van der Waals surface area contributed by atoms with Crippen molar-refractivity contribution in [3.63, 3.8) is 0 Å². The highest BCUT2D eigenvalue weighted by Crippen LogP contribution is 2.07. The molecule has 0 unspecified atom stereocenters. The van der Waals surface area contributed by atoms with E-state index in [9.17, 15) is 9.59 Å². The molecule has 0 fully saturated rings. The molecule has 3 N–H and O–H groups in total. The molecular formula is C14H19NO4. The molecule has 0 aromatic heterocycles. The van der Waals surface area contributed by atoms with Gasteiger partial charge in [0, 0.05) is 6.42 Å². The number of rotatable bonds is 7. The van der Waals surface area contributed by atoms with Gasteiger partial charge in [-0.1, -0.05) is 31.2 Å². The zero-order chi connectivity index (χ0) is 14.3. The average molecular weight is 265 g/mol. The van der Waals surface area contributed by atoms with Gasteiger partial charge in [0.25, 0.3) is 0 Å². The molecule has 0 aliphatic carbocycles. The second-order valence-corrected chi connectivity index (χ2v) is 4.31. The number of hydrogen-bond acceptors (Lipinski definition) is 3. The van der Waals surface area contributed by atoms with Gasteiger partial charge >= 0.3 is 5.97 Å². The van der Waals surface area contributed by atoms with E-state index in [-0.39, 0.29) is 12.3 Å². The van der Waals surface area contributed by atoms with E-state index < -0.39 is 18.6 Å². The molecule has 5 nitrogen and oxygen atoms in total. The van der Waals surface area contributed by atoms with Crippen LogP contribution in [0.25, 0.3) is 0 Å². The fourth-order valence-electron chi connectivity index (χ4n) is 1.65. The van der Waals surface area contributed by atoms with Gasteiger partial charge in [0.1, 0.15) is 6.04 Å². The van der Waals surface area contributed by atoms with E-state index in [1.807, 2.05) is 24.3 Å². The summed E-state index contributed by atoms with van der Waals surface area (Å²) in [6.45, 7) is 1.47. The Morgan fingerprint density at radius 3 is 2.26 bits per heavy atom. The highest BCUT2D eigenvalue weighted by atomic mass is 16.4. The molecule has 5 heteroatoms. The molecule has 1 aromatic carbocycles. The van der Waals surface area contributed by atoms with E-state index in [1.54, 1.807) is 0 Å². The van der Waals surface area contributed by atoms with Gasteiger partial charge in [0.2, 0.25) is 5.91 Å². The molecule has 19 heavy (non-hydrogen) atoms. The predicted molar refractivity (Wildman–Crippen MR) is 70.8 cm³/mol. The number of aliphatic hydroxyl groups is 1. The summed E-state index contributed by atoms with van der Waals surface area (Å²) in [7, 11) is 0. The van der Waals surface area contributed by atoms with Crippen LogP contribution in [0.2, 0.25) is 0 Å². The maximum atomic E-state index is 11.5. The van der Waals surface area contributed by atoms with Crippen LogP contribution in [0.15, 0.2) is 24.3 Å². The summed E-state index contributed by atoms with van der Waals surface area (Å²) in [5.41, 5.74) is 2.27. The monoisotopic (exact) mass is 265 g/mol. The largest absolute Gasteiger partial charge is 0.480 e. The average Bonchev–Trinajstić information content (AvgIpc) is 2.42. The zero-order valence-corrected chi connectivity index (χ0v) is 10.9. The Morgan fingerprint density at radius 1 is 1.21 bits per heavy atom. The number of carbonyl (C=O) groups is 2. The molecular weight excluding hydrogens is 246 g/mol. The third-order valence-electron chi connectivity index (χ3n) is 2.89. The normalized spacial score (nSPS) is 11.9. The van der Waals surface area contributed by atoms with Crippen molar-refractivity contribution in [3.05, 3.63) is 35.4 Å². The van der Waals surface area contributed by atoms with Crippen molar-refractivity contribution in [1.82, 2.24) is 5.32 Å². The van der Waals surface area contributed by atoms with Gasteiger partial charge in [-0.2, -0.15) is 0 Å². The van der Waals surface area contributed by atoms with Gasteiger partial charge < -0.3 is 15.5 Å². The van der Waals surface area contributed by atoms with Crippen molar-refractivity contribution in [2.75, 3.05) is 6.61 Å². The highest BCUT2D eigenvalue weighted by Gasteiger charge is 2.18. The van der Waals surface area contributed by atoms with Crippen molar-refractivity contribution in [1.29, 1.82) is 0 Å². The van der Waals surface area contributed by atoms with Crippen molar-refractivity contribution >= 4 is 11.9 Å². The van der Waals surface area contributed by atoms with Crippen molar-refractivity contribution in [3.8, 4) is 0 Å². The number of benzene rings is 1. The quantitative estimate of drug-likeness (QED) is 0.678. The second-order valence-electron chi connectivity index (χ2n) is 4.31. The van der Waals surface area contributed by atoms with Gasteiger partial charge in [-0.05, 0) is 24.0 Å². The summed E-state index contributed by atoms with van der Waals surface area (Å²) in [6.07, 6.45) is 1.72. The van der Waals surface area contributed by atoms with Crippen LogP contribution in [0.4, 0.5) is 0 Å². The molecule has 0 saturated carbocycles. The highest BCUT2D eigenvalue weighted by molar-refractivity contribution is 5.83. The van der Waals surface area contributed by atoms with E-state index >= 15 is 0 Å². The number of nitrogens with one attached hydrogen (secondary N) is 1. The number of aliphatic carboxylic acids is 1. The number of carboxylic acids is 1. The van der Waals surface area contributed by atoms with E-state index in [4.69, 9.17) is 10.2 Å². The van der Waals surface area contributed by atoms with E-state index in [0.29, 0.717) is 6.42 Å². The minimum Gasteiger partial charge on any atom is -0.480 e. The summed E-state index contributed by atoms with van der Waals surface area (Å²) in [4.78, 5) is 22.2. The fraction of sp³-hybridized carbons (Fsp3) is 0.429. The SMILES string of the molecule is CCc1ccc(CCC(=O)N[C@@H](CO)C(=O)O)cc1. The molecule has 0 bridgehead atoms. The standard InChI is InChI=1S/C14H19NO4/c1-2-10-3-5-11(6-4-10)7-8-13(17)15-12(9-16)14(18)19/h3-6,12,16H,2,7-9H2,1H3,(H,15,17)(H,18,19)/t12-/m0/s1. The lowest BCUT2D eigenvalue weighted by atomic mass is 10.1. The van der Waals surface area contributed by atoms with Crippen molar-refractivity contribution in [2.24, 2.45) is 0 Å². The van der Waals surface area contributed by atoms with E-state index in [0.717, 1.165) is 12.0 Å². The first kappa shape index (κ1) is 15.2. The first-order valence-electron chi connectivity index (χ1n) is 6.27. The fourth-order valence-corrected chi connectivity index (χ4v) is 1.65. The van der Waals surface area contributed by atoms with Crippen molar-refractivity contribution < 1.29 is 19.8 Å². The molecule has 0 radical (unpaired) electrons. The molecule has 0 saturated heterocycles. The lowest BCUT2D eigenvalue weighted by molar-refractivity contribution is -0.142. The Bertz CT molecular complexity index is 428. The predicted octanol–water partition coefficient (Wildman–Crippen LogP) is 0.743. The van der Waals surface area contributed by atoms with Gasteiger partial charge in [0.05, 0.1) is 6.61 Å². The molecule has 0 aliphatic heterocycles. The third-order valence-corrected chi connectivity index (χ3v) is 2.89. The second kappa shape index (κ2) is 7.53. The summed E-state index contributed by atoms with van der Waals surface area (Å²) in [5, 5.41) is 19.8. The Labute approximate surface area is 112 Å². The van der Waals surface area contributed by atoms with Gasteiger partial charge in [-0.25, -0.2) is 4.79 Å². The third kappa shape index (κ3) is 5.09. The number of carboxylic acid groups (broad SMARTS) is 1. The van der Waals surface area contributed by atoms with Crippen LogP contribution in [0.5, 0.6) is 0 Å². The smallest absolute Gasteiger partial charge is 0.328 e. The molecule has 104 valence electrons. The zero-order valence-electron chi connectivity index (χ0n) is 10.9. The topological polar surface area (TPSA) is 86.6 Å². The number of amides is 1. The molecule has 0 aliphatic rings. The first-order chi connectivity index (χ1) is 9.06. The Kier molecular flexibility index (Phi) is 6.02. The van der Waals surface area contributed by atoms with Crippen molar-refractivity contribution in [2.45, 2.75) is 32.2 Å². The molecule has 1 aromatic rings. The number of carbonyl (C=O) groups excluding carboxylic acids is 1. The lowest BCUT2D eigenvalue weighted by Crippen LogP contribution is -2.43. The van der Waals surface area contributed by atoms with Gasteiger partial charge in [-0.15, -0.1) is 0 Å². The minimum absolute atomic E-state index is 0.204. The summed E-state index contributed by atoms with van der Waals surface area (Å²) >= 11 is 0. The Balaban J connectivity index is 2.42. The maximum absolute atomic E-state index is 11.5. The van der Waals surface area contributed by atoms with Crippen LogP contribution >= 0.6 is 0 Å². The van der Waals surface area contributed by atoms with Crippen LogP contribution in [0, 0.1) is 0 Å². The maximum Gasteiger partial charge on any atom is 0.328 e. The van der Waals surface area contributed by atoms with Crippen LogP contribution in [-0.4, -0.2) is 34.7 Å². The molecule has 1 amide bonds. The first-order valence-corrected chi connectivity index (χ1v) is 6.27.